The molecule has 0 bridgehead atoms. The lowest BCUT2D eigenvalue weighted by Gasteiger charge is -2.19. The van der Waals surface area contributed by atoms with Gasteiger partial charge in [-0.3, -0.25) is 0 Å². The number of esters is 1. The van der Waals surface area contributed by atoms with Crippen LogP contribution in [0.5, 0.6) is 0 Å². The molecule has 0 aromatic carbocycles. The van der Waals surface area contributed by atoms with E-state index in [0.29, 0.717) is 6.61 Å². The minimum absolute atomic E-state index is 0.311. The van der Waals surface area contributed by atoms with Gasteiger partial charge < -0.3 is 14.2 Å². The summed E-state index contributed by atoms with van der Waals surface area (Å²) >= 11 is 0. The Hall–Kier alpha value is -1.52. The maximum atomic E-state index is 11.0. The molecule has 1 aliphatic rings. The molecule has 0 spiro atoms. The average Bonchev–Trinajstić information content (AvgIpc) is 2.39. The Bertz CT molecular complexity index is 296. The third kappa shape index (κ3) is 2.71. The van der Waals surface area contributed by atoms with Gasteiger partial charge in [-0.2, -0.15) is 0 Å². The van der Waals surface area contributed by atoms with Crippen molar-refractivity contribution in [2.75, 3.05) is 6.61 Å². The predicted octanol–water partition coefficient (Wildman–Crippen LogP) is 1.42. The Balaban J connectivity index is 2.64. The van der Waals surface area contributed by atoms with E-state index >= 15 is 0 Å². The SMILES string of the molecule is CCOC(=O)/C=C/[C@]1(C)OC(=O)O[C@H]1C. The maximum absolute atomic E-state index is 11.0. The van der Waals surface area contributed by atoms with Crippen LogP contribution in [0.3, 0.4) is 0 Å². The summed E-state index contributed by atoms with van der Waals surface area (Å²) in [6, 6.07) is 0. The van der Waals surface area contributed by atoms with Gasteiger partial charge in [0.15, 0.2) is 5.60 Å². The minimum atomic E-state index is -0.899. The van der Waals surface area contributed by atoms with Gasteiger partial charge in [-0.05, 0) is 26.8 Å². The first-order valence-corrected chi connectivity index (χ1v) is 4.73. The van der Waals surface area contributed by atoms with E-state index in [1.165, 1.54) is 12.2 Å². The van der Waals surface area contributed by atoms with Crippen molar-refractivity contribution >= 4 is 12.1 Å². The number of cyclic esters (lactones) is 2. The van der Waals surface area contributed by atoms with Gasteiger partial charge in [0.1, 0.15) is 6.10 Å². The van der Waals surface area contributed by atoms with Gasteiger partial charge in [0.25, 0.3) is 0 Å². The minimum Gasteiger partial charge on any atom is -0.463 e. The number of ether oxygens (including phenoxy) is 3. The Morgan fingerprint density at radius 1 is 1.67 bits per heavy atom. The van der Waals surface area contributed by atoms with Gasteiger partial charge in [-0.1, -0.05) is 0 Å². The van der Waals surface area contributed by atoms with Crippen LogP contribution >= 0.6 is 0 Å². The highest BCUT2D eigenvalue weighted by Gasteiger charge is 2.43. The zero-order valence-corrected chi connectivity index (χ0v) is 8.98. The molecule has 0 unspecified atom stereocenters. The summed E-state index contributed by atoms with van der Waals surface area (Å²) in [5, 5.41) is 0. The maximum Gasteiger partial charge on any atom is 0.509 e. The van der Waals surface area contributed by atoms with E-state index in [9.17, 15) is 9.59 Å². The van der Waals surface area contributed by atoms with Crippen molar-refractivity contribution in [3.8, 4) is 0 Å². The van der Waals surface area contributed by atoms with Crippen molar-refractivity contribution in [2.24, 2.45) is 0 Å². The van der Waals surface area contributed by atoms with Crippen LogP contribution in [0.25, 0.3) is 0 Å². The summed E-state index contributed by atoms with van der Waals surface area (Å²) in [5.74, 6) is -0.464. The lowest BCUT2D eigenvalue weighted by Crippen LogP contribution is -2.32. The fourth-order valence-electron chi connectivity index (χ4n) is 1.14. The fourth-order valence-corrected chi connectivity index (χ4v) is 1.14. The molecule has 0 aromatic rings. The van der Waals surface area contributed by atoms with Crippen LogP contribution < -0.4 is 0 Å². The predicted molar refractivity (Wildman–Crippen MR) is 51.2 cm³/mol. The Kier molecular flexibility index (Phi) is 3.34. The van der Waals surface area contributed by atoms with Gasteiger partial charge in [0.05, 0.1) is 6.61 Å². The molecule has 2 atom stereocenters. The highest BCUT2D eigenvalue weighted by molar-refractivity contribution is 5.82. The topological polar surface area (TPSA) is 61.8 Å². The van der Waals surface area contributed by atoms with Crippen molar-refractivity contribution < 1.29 is 23.8 Å². The van der Waals surface area contributed by atoms with E-state index in [4.69, 9.17) is 14.2 Å². The molecule has 0 N–H and O–H groups in total. The summed E-state index contributed by atoms with van der Waals surface area (Å²) in [7, 11) is 0. The normalized spacial score (nSPS) is 30.1. The summed E-state index contributed by atoms with van der Waals surface area (Å²) in [4.78, 5) is 21.9. The van der Waals surface area contributed by atoms with Crippen molar-refractivity contribution in [3.63, 3.8) is 0 Å². The summed E-state index contributed by atoms with van der Waals surface area (Å²) in [6.07, 6.45) is 1.57. The van der Waals surface area contributed by atoms with Crippen LogP contribution in [0, 0.1) is 0 Å². The lowest BCUT2D eigenvalue weighted by atomic mass is 10.0. The number of hydrogen-bond acceptors (Lipinski definition) is 5. The third-order valence-corrected chi connectivity index (χ3v) is 2.22. The van der Waals surface area contributed by atoms with Gasteiger partial charge in [-0.15, -0.1) is 0 Å². The second-order valence-corrected chi connectivity index (χ2v) is 3.38. The Morgan fingerprint density at radius 2 is 2.33 bits per heavy atom. The Morgan fingerprint density at radius 3 is 2.80 bits per heavy atom. The largest absolute Gasteiger partial charge is 0.509 e. The summed E-state index contributed by atoms with van der Waals surface area (Å²) in [6.45, 7) is 5.39. The molecule has 15 heavy (non-hydrogen) atoms. The van der Waals surface area contributed by atoms with Gasteiger partial charge in [0, 0.05) is 6.08 Å². The zero-order chi connectivity index (χ0) is 11.5. The van der Waals surface area contributed by atoms with Gasteiger partial charge in [-0.25, -0.2) is 9.59 Å². The van der Waals surface area contributed by atoms with Gasteiger partial charge >= 0.3 is 12.1 Å². The molecule has 0 aromatic heterocycles. The first-order chi connectivity index (χ1) is 6.98. The van der Waals surface area contributed by atoms with Crippen LogP contribution in [0.15, 0.2) is 12.2 Å². The highest BCUT2D eigenvalue weighted by Crippen LogP contribution is 2.27. The molecule has 84 valence electrons. The molecule has 0 radical (unpaired) electrons. The summed E-state index contributed by atoms with van der Waals surface area (Å²) in [5.41, 5.74) is -0.899. The van der Waals surface area contributed by atoms with Crippen molar-refractivity contribution in [1.29, 1.82) is 0 Å². The lowest BCUT2D eigenvalue weighted by molar-refractivity contribution is -0.137. The second-order valence-electron chi connectivity index (χ2n) is 3.38. The number of carbonyl (C=O) groups is 2. The number of rotatable bonds is 3. The van der Waals surface area contributed by atoms with Crippen molar-refractivity contribution in [1.82, 2.24) is 0 Å². The average molecular weight is 214 g/mol. The smallest absolute Gasteiger partial charge is 0.463 e. The van der Waals surface area contributed by atoms with E-state index in [2.05, 4.69) is 0 Å². The van der Waals surface area contributed by atoms with E-state index in [-0.39, 0.29) is 0 Å². The molecule has 1 fully saturated rings. The molecule has 1 heterocycles. The van der Waals surface area contributed by atoms with Crippen LogP contribution in [0.4, 0.5) is 4.79 Å². The van der Waals surface area contributed by atoms with Gasteiger partial charge in [0.2, 0.25) is 0 Å². The van der Waals surface area contributed by atoms with E-state index in [0.717, 1.165) is 0 Å². The molecular weight excluding hydrogens is 200 g/mol. The third-order valence-electron chi connectivity index (χ3n) is 2.22. The zero-order valence-electron chi connectivity index (χ0n) is 8.98. The van der Waals surface area contributed by atoms with Crippen molar-refractivity contribution in [3.05, 3.63) is 12.2 Å². The molecule has 0 saturated carbocycles. The molecule has 0 amide bonds. The summed E-state index contributed by atoms with van der Waals surface area (Å²) < 4.78 is 14.4. The molecule has 5 nitrogen and oxygen atoms in total. The molecule has 5 heteroatoms. The monoisotopic (exact) mass is 214 g/mol. The second kappa shape index (κ2) is 4.33. The number of hydrogen-bond donors (Lipinski definition) is 0. The molecule has 1 aliphatic heterocycles. The first kappa shape index (κ1) is 11.6. The molecule has 1 rings (SSSR count). The van der Waals surface area contributed by atoms with Crippen LogP contribution in [0.2, 0.25) is 0 Å². The van der Waals surface area contributed by atoms with Crippen LogP contribution in [-0.4, -0.2) is 30.4 Å². The van der Waals surface area contributed by atoms with E-state index in [1.54, 1.807) is 20.8 Å². The van der Waals surface area contributed by atoms with E-state index < -0.39 is 23.8 Å². The van der Waals surface area contributed by atoms with Crippen LogP contribution in [0.1, 0.15) is 20.8 Å². The molecule has 1 saturated heterocycles. The van der Waals surface area contributed by atoms with Crippen molar-refractivity contribution in [2.45, 2.75) is 32.5 Å². The van der Waals surface area contributed by atoms with Crippen LogP contribution in [-0.2, 0) is 19.0 Å². The standard InChI is InChI=1S/C10H14O5/c1-4-13-8(11)5-6-10(3)7(2)14-9(12)15-10/h5-7H,4H2,1-3H3/b6-5+/t7-,10-/m0/s1. The first-order valence-electron chi connectivity index (χ1n) is 4.73. The van der Waals surface area contributed by atoms with E-state index in [1.807, 2.05) is 0 Å². The molecule has 0 aliphatic carbocycles. The highest BCUT2D eigenvalue weighted by atomic mass is 16.8. The Labute approximate surface area is 88.0 Å². The fraction of sp³-hybridized carbons (Fsp3) is 0.600. The quantitative estimate of drug-likeness (QED) is 0.525. The number of carbonyl (C=O) groups excluding carboxylic acids is 2. The molecular formula is C10H14O5.